The van der Waals surface area contributed by atoms with E-state index in [1.807, 2.05) is 0 Å². The first-order valence-corrected chi connectivity index (χ1v) is 5.74. The van der Waals surface area contributed by atoms with E-state index >= 15 is 0 Å². The summed E-state index contributed by atoms with van der Waals surface area (Å²) in [4.78, 5) is 0. The molecule has 1 aliphatic heterocycles. The number of rotatable bonds is 4. The van der Waals surface area contributed by atoms with Gasteiger partial charge in [-0.1, -0.05) is 0 Å². The third-order valence-electron chi connectivity index (χ3n) is 2.96. The zero-order chi connectivity index (χ0) is 11.5. The van der Waals surface area contributed by atoms with Crippen LogP contribution in [0, 0.1) is 12.3 Å². The van der Waals surface area contributed by atoms with Gasteiger partial charge in [0.2, 0.25) is 0 Å². The monoisotopic (exact) mass is 209 g/mol. The minimum Gasteiger partial charge on any atom is -0.368 e. The Bertz CT molecular complexity index is 250. The van der Waals surface area contributed by atoms with Crippen LogP contribution in [0.25, 0.3) is 0 Å². The Morgan fingerprint density at radius 2 is 2.07 bits per heavy atom. The minimum absolute atomic E-state index is 0.00666. The molecule has 1 fully saturated rings. The highest BCUT2D eigenvalue weighted by atomic mass is 16.5. The highest BCUT2D eigenvalue weighted by molar-refractivity contribution is 4.98. The van der Waals surface area contributed by atoms with E-state index in [1.54, 1.807) is 0 Å². The number of hydrogen-bond acceptors (Lipinski definition) is 2. The first-order valence-electron chi connectivity index (χ1n) is 5.74. The lowest BCUT2D eigenvalue weighted by atomic mass is 9.94. The third-order valence-corrected chi connectivity index (χ3v) is 2.96. The predicted octanol–water partition coefficient (Wildman–Crippen LogP) is 2.34. The van der Waals surface area contributed by atoms with Gasteiger partial charge in [0, 0.05) is 12.5 Å². The van der Waals surface area contributed by atoms with Crippen LogP contribution >= 0.6 is 0 Å². The number of unbranched alkanes of at least 4 members (excludes halogenated alkanes) is 1. The van der Waals surface area contributed by atoms with Gasteiger partial charge in [0.15, 0.2) is 0 Å². The quantitative estimate of drug-likeness (QED) is 0.567. The molecule has 1 N–H and O–H groups in total. The fourth-order valence-corrected chi connectivity index (χ4v) is 2.35. The highest BCUT2D eigenvalue weighted by Crippen LogP contribution is 2.37. The van der Waals surface area contributed by atoms with Gasteiger partial charge in [0.05, 0.1) is 11.2 Å². The van der Waals surface area contributed by atoms with Crippen LogP contribution in [0.15, 0.2) is 0 Å². The van der Waals surface area contributed by atoms with Crippen LogP contribution in [-0.4, -0.2) is 23.8 Å². The zero-order valence-electron chi connectivity index (χ0n) is 10.4. The second-order valence-electron chi connectivity index (χ2n) is 5.48. The van der Waals surface area contributed by atoms with E-state index < -0.39 is 0 Å². The van der Waals surface area contributed by atoms with E-state index in [1.165, 1.54) is 0 Å². The number of nitrogens with one attached hydrogen (secondary N) is 1. The molecule has 1 unspecified atom stereocenters. The van der Waals surface area contributed by atoms with Crippen molar-refractivity contribution in [2.24, 2.45) is 0 Å². The Kier molecular flexibility index (Phi) is 3.81. The molecule has 0 aromatic carbocycles. The van der Waals surface area contributed by atoms with Gasteiger partial charge in [-0.2, -0.15) is 0 Å². The molecule has 1 atom stereocenters. The highest BCUT2D eigenvalue weighted by Gasteiger charge is 2.45. The maximum atomic E-state index is 6.00. The lowest BCUT2D eigenvalue weighted by Gasteiger charge is -2.27. The Hall–Kier alpha value is -0.520. The topological polar surface area (TPSA) is 21.3 Å². The van der Waals surface area contributed by atoms with E-state index in [9.17, 15) is 0 Å². The van der Waals surface area contributed by atoms with Crippen LogP contribution in [0.5, 0.6) is 0 Å². The Labute approximate surface area is 93.8 Å². The van der Waals surface area contributed by atoms with Gasteiger partial charge >= 0.3 is 0 Å². The summed E-state index contributed by atoms with van der Waals surface area (Å²) in [6.07, 6.45) is 8.18. The van der Waals surface area contributed by atoms with Crippen molar-refractivity contribution >= 4 is 0 Å². The zero-order valence-corrected chi connectivity index (χ0v) is 10.4. The summed E-state index contributed by atoms with van der Waals surface area (Å²) in [5, 5.41) is 3.54. The largest absolute Gasteiger partial charge is 0.368 e. The smallest absolute Gasteiger partial charge is 0.0787 e. The second-order valence-corrected chi connectivity index (χ2v) is 5.48. The molecular formula is C13H23NO. The van der Waals surface area contributed by atoms with Crippen molar-refractivity contribution in [3.63, 3.8) is 0 Å². The molecule has 0 bridgehead atoms. The Morgan fingerprint density at radius 3 is 2.53 bits per heavy atom. The van der Waals surface area contributed by atoms with Crippen LogP contribution < -0.4 is 5.32 Å². The van der Waals surface area contributed by atoms with Crippen molar-refractivity contribution < 1.29 is 4.74 Å². The molecular weight excluding hydrogens is 186 g/mol. The molecule has 0 amide bonds. The first-order chi connectivity index (χ1) is 6.87. The van der Waals surface area contributed by atoms with Crippen molar-refractivity contribution in [1.29, 1.82) is 0 Å². The van der Waals surface area contributed by atoms with Gasteiger partial charge in [-0.15, -0.1) is 12.3 Å². The summed E-state index contributed by atoms with van der Waals surface area (Å²) in [5.41, 5.74) is -0.0765. The van der Waals surface area contributed by atoms with Gasteiger partial charge in [0.25, 0.3) is 0 Å². The molecule has 1 heterocycles. The average molecular weight is 209 g/mol. The molecule has 0 aliphatic carbocycles. The molecule has 1 aliphatic rings. The number of hydrogen-bond donors (Lipinski definition) is 1. The van der Waals surface area contributed by atoms with E-state index in [0.29, 0.717) is 6.04 Å². The molecule has 2 heteroatoms. The standard InChI is InChI=1S/C13H23NO/c1-6-7-8-9-14-11-10-12(2,3)15-13(11,4)5/h1,11,14H,7-10H2,2-5H3. The lowest BCUT2D eigenvalue weighted by Crippen LogP contribution is -2.43. The second kappa shape index (κ2) is 4.55. The molecule has 15 heavy (non-hydrogen) atoms. The van der Waals surface area contributed by atoms with E-state index in [2.05, 4.69) is 38.9 Å². The fraction of sp³-hybridized carbons (Fsp3) is 0.846. The van der Waals surface area contributed by atoms with Crippen LogP contribution in [0.3, 0.4) is 0 Å². The summed E-state index contributed by atoms with van der Waals surface area (Å²) in [5.74, 6) is 2.66. The van der Waals surface area contributed by atoms with Gasteiger partial charge < -0.3 is 10.1 Å². The van der Waals surface area contributed by atoms with Crippen LogP contribution in [0.1, 0.15) is 47.0 Å². The van der Waals surface area contributed by atoms with Crippen molar-refractivity contribution in [3.05, 3.63) is 0 Å². The Balaban J connectivity index is 2.39. The molecule has 0 aromatic rings. The number of terminal acetylenes is 1. The SMILES string of the molecule is C#CCCCNC1CC(C)(C)OC1(C)C. The Morgan fingerprint density at radius 1 is 1.40 bits per heavy atom. The summed E-state index contributed by atoms with van der Waals surface area (Å²) < 4.78 is 6.00. The predicted molar refractivity (Wildman–Crippen MR) is 63.7 cm³/mol. The molecule has 0 saturated carbocycles. The summed E-state index contributed by atoms with van der Waals surface area (Å²) in [6, 6.07) is 0.435. The van der Waals surface area contributed by atoms with Crippen molar-refractivity contribution in [3.8, 4) is 12.3 Å². The van der Waals surface area contributed by atoms with Gasteiger partial charge in [0.1, 0.15) is 0 Å². The molecule has 0 aromatic heterocycles. The van der Waals surface area contributed by atoms with E-state index in [-0.39, 0.29) is 11.2 Å². The van der Waals surface area contributed by atoms with Crippen molar-refractivity contribution in [1.82, 2.24) is 5.32 Å². The molecule has 0 radical (unpaired) electrons. The van der Waals surface area contributed by atoms with Gasteiger partial charge in [-0.25, -0.2) is 0 Å². The first kappa shape index (κ1) is 12.5. The summed E-state index contributed by atoms with van der Waals surface area (Å²) >= 11 is 0. The maximum Gasteiger partial charge on any atom is 0.0787 e. The summed E-state index contributed by atoms with van der Waals surface area (Å²) in [6.45, 7) is 9.59. The molecule has 1 rings (SSSR count). The summed E-state index contributed by atoms with van der Waals surface area (Å²) in [7, 11) is 0. The van der Waals surface area contributed by atoms with Gasteiger partial charge in [-0.05, 0) is 47.1 Å². The fourth-order valence-electron chi connectivity index (χ4n) is 2.35. The molecule has 86 valence electrons. The van der Waals surface area contributed by atoms with E-state index in [4.69, 9.17) is 11.2 Å². The molecule has 0 spiro atoms. The van der Waals surface area contributed by atoms with Crippen molar-refractivity contribution in [2.45, 2.75) is 64.2 Å². The maximum absolute atomic E-state index is 6.00. The minimum atomic E-state index is -0.0698. The normalized spacial score (nSPS) is 27.5. The lowest BCUT2D eigenvalue weighted by molar-refractivity contribution is -0.0697. The average Bonchev–Trinajstić information content (AvgIpc) is 2.28. The number of ether oxygens (including phenoxy) is 1. The van der Waals surface area contributed by atoms with E-state index in [0.717, 1.165) is 25.8 Å². The van der Waals surface area contributed by atoms with Crippen LogP contribution in [0.2, 0.25) is 0 Å². The van der Waals surface area contributed by atoms with Crippen molar-refractivity contribution in [2.75, 3.05) is 6.54 Å². The van der Waals surface area contributed by atoms with Crippen LogP contribution in [0.4, 0.5) is 0 Å². The molecule has 2 nitrogen and oxygen atoms in total. The van der Waals surface area contributed by atoms with Crippen LogP contribution in [-0.2, 0) is 4.74 Å². The third kappa shape index (κ3) is 3.52. The van der Waals surface area contributed by atoms with Gasteiger partial charge in [-0.3, -0.25) is 0 Å². The molecule has 1 saturated heterocycles.